The zero-order valence-electron chi connectivity index (χ0n) is 7.53. The number of hydrogen-bond acceptors (Lipinski definition) is 2. The lowest BCUT2D eigenvalue weighted by Crippen LogP contribution is -1.95. The number of halogens is 1. The number of hydrogen-bond donors (Lipinski definition) is 1. The molecule has 2 rings (SSSR count). The highest BCUT2D eigenvalue weighted by Crippen LogP contribution is 2.47. The maximum absolute atomic E-state index is 9.47. The van der Waals surface area contributed by atoms with Crippen LogP contribution < -0.4 is 0 Å². The van der Waals surface area contributed by atoms with E-state index >= 15 is 0 Å². The lowest BCUT2D eigenvalue weighted by Gasteiger charge is -2.01. The molecule has 72 valence electrons. The van der Waals surface area contributed by atoms with Crippen LogP contribution in [-0.2, 0) is 0 Å². The van der Waals surface area contributed by atoms with Crippen molar-refractivity contribution in [1.82, 2.24) is 0 Å². The van der Waals surface area contributed by atoms with Crippen LogP contribution in [0.4, 0.5) is 0 Å². The molecule has 0 bridgehead atoms. The van der Waals surface area contributed by atoms with Crippen LogP contribution in [0.5, 0.6) is 0 Å². The second-order valence-corrected chi connectivity index (χ2v) is 4.38. The van der Waals surface area contributed by atoms with Crippen LogP contribution in [0.2, 0.25) is 0 Å². The van der Waals surface area contributed by atoms with Crippen LogP contribution in [0.25, 0.3) is 0 Å². The summed E-state index contributed by atoms with van der Waals surface area (Å²) in [5.41, 5.74) is 0. The zero-order chi connectivity index (χ0) is 9.42. The molecule has 13 heavy (non-hydrogen) atoms. The zero-order valence-corrected chi connectivity index (χ0v) is 9.12. The molecule has 2 nitrogen and oxygen atoms in total. The molecule has 3 atom stereocenters. The van der Waals surface area contributed by atoms with Crippen molar-refractivity contribution < 1.29 is 9.52 Å². The van der Waals surface area contributed by atoms with E-state index < -0.39 is 6.10 Å². The first-order valence-corrected chi connectivity index (χ1v) is 5.68. The first kappa shape index (κ1) is 9.28. The van der Waals surface area contributed by atoms with E-state index in [2.05, 4.69) is 22.9 Å². The van der Waals surface area contributed by atoms with E-state index in [-0.39, 0.29) is 0 Å². The molecule has 0 spiro atoms. The lowest BCUT2D eigenvalue weighted by atomic mass is 10.2. The highest BCUT2D eigenvalue weighted by atomic mass is 79.9. The second kappa shape index (κ2) is 3.46. The number of rotatable bonds is 3. The average Bonchev–Trinajstić information content (AvgIpc) is 2.70. The molecule has 0 aliphatic heterocycles. The van der Waals surface area contributed by atoms with Crippen molar-refractivity contribution >= 4 is 15.9 Å². The summed E-state index contributed by atoms with van der Waals surface area (Å²) in [4.78, 5) is 0. The van der Waals surface area contributed by atoms with Crippen LogP contribution in [0, 0.1) is 5.92 Å². The molecule has 0 aromatic carbocycles. The lowest BCUT2D eigenvalue weighted by molar-refractivity contribution is 0.172. The van der Waals surface area contributed by atoms with Crippen LogP contribution in [0.15, 0.2) is 16.5 Å². The SMILES string of the molecule is CC1CC1c1ccc(C(O)CBr)o1. The number of aliphatic hydroxyl groups excluding tert-OH is 1. The van der Waals surface area contributed by atoms with Gasteiger partial charge in [0.15, 0.2) is 0 Å². The van der Waals surface area contributed by atoms with Gasteiger partial charge in [-0.15, -0.1) is 0 Å². The van der Waals surface area contributed by atoms with E-state index in [0.29, 0.717) is 17.0 Å². The number of alkyl halides is 1. The molecule has 0 radical (unpaired) electrons. The second-order valence-electron chi connectivity index (χ2n) is 3.73. The maximum atomic E-state index is 9.47. The third-order valence-electron chi connectivity index (χ3n) is 2.60. The van der Waals surface area contributed by atoms with Gasteiger partial charge in [-0.1, -0.05) is 22.9 Å². The Hall–Kier alpha value is -0.280. The first-order valence-electron chi connectivity index (χ1n) is 4.56. The van der Waals surface area contributed by atoms with Gasteiger partial charge in [0.25, 0.3) is 0 Å². The van der Waals surface area contributed by atoms with Crippen molar-refractivity contribution in [2.45, 2.75) is 25.4 Å². The molecule has 1 aliphatic rings. The Kier molecular flexibility index (Phi) is 2.47. The summed E-state index contributed by atoms with van der Waals surface area (Å²) in [6.07, 6.45) is 0.708. The third-order valence-corrected chi connectivity index (χ3v) is 3.21. The molecule has 0 saturated heterocycles. The van der Waals surface area contributed by atoms with E-state index in [1.54, 1.807) is 0 Å². The largest absolute Gasteiger partial charge is 0.463 e. The van der Waals surface area contributed by atoms with Gasteiger partial charge >= 0.3 is 0 Å². The van der Waals surface area contributed by atoms with Gasteiger partial charge in [0.2, 0.25) is 0 Å². The van der Waals surface area contributed by atoms with Gasteiger partial charge in [-0.25, -0.2) is 0 Å². The predicted molar refractivity (Wildman–Crippen MR) is 54.0 cm³/mol. The smallest absolute Gasteiger partial charge is 0.133 e. The quantitative estimate of drug-likeness (QED) is 0.830. The fourth-order valence-corrected chi connectivity index (χ4v) is 1.86. The fraction of sp³-hybridized carbons (Fsp3) is 0.600. The Morgan fingerprint density at radius 3 is 2.92 bits per heavy atom. The monoisotopic (exact) mass is 244 g/mol. The molecule has 1 fully saturated rings. The summed E-state index contributed by atoms with van der Waals surface area (Å²) >= 11 is 3.22. The molecule has 1 heterocycles. The number of furan rings is 1. The van der Waals surface area contributed by atoms with Crippen molar-refractivity contribution in [2.24, 2.45) is 5.92 Å². The van der Waals surface area contributed by atoms with E-state index in [9.17, 15) is 5.11 Å². The van der Waals surface area contributed by atoms with Crippen LogP contribution in [-0.4, -0.2) is 10.4 Å². The minimum atomic E-state index is -0.511. The Bertz CT molecular complexity index is 276. The van der Waals surface area contributed by atoms with Crippen molar-refractivity contribution in [3.05, 3.63) is 23.7 Å². The van der Waals surface area contributed by atoms with Gasteiger partial charge in [0.1, 0.15) is 17.6 Å². The summed E-state index contributed by atoms with van der Waals surface area (Å²) in [5.74, 6) is 3.05. The molecule has 1 aliphatic carbocycles. The van der Waals surface area contributed by atoms with E-state index in [1.165, 1.54) is 6.42 Å². The average molecular weight is 245 g/mol. The molecule has 3 unspecified atom stereocenters. The topological polar surface area (TPSA) is 33.4 Å². The highest BCUT2D eigenvalue weighted by molar-refractivity contribution is 9.09. The van der Waals surface area contributed by atoms with Crippen molar-refractivity contribution in [3.8, 4) is 0 Å². The van der Waals surface area contributed by atoms with E-state index in [4.69, 9.17) is 4.42 Å². The van der Waals surface area contributed by atoms with Gasteiger partial charge in [-0.05, 0) is 24.5 Å². The normalized spacial score (nSPS) is 28.8. The summed E-state index contributed by atoms with van der Waals surface area (Å²) in [6.45, 7) is 2.22. The summed E-state index contributed by atoms with van der Waals surface area (Å²) in [6, 6.07) is 3.85. The Balaban J connectivity index is 2.09. The van der Waals surface area contributed by atoms with Crippen molar-refractivity contribution in [1.29, 1.82) is 0 Å². The number of aliphatic hydroxyl groups is 1. The molecule has 3 heteroatoms. The fourth-order valence-electron chi connectivity index (χ4n) is 1.54. The summed E-state index contributed by atoms with van der Waals surface area (Å²) in [5, 5.41) is 10.00. The van der Waals surface area contributed by atoms with Crippen molar-refractivity contribution in [2.75, 3.05) is 5.33 Å². The van der Waals surface area contributed by atoms with Gasteiger partial charge < -0.3 is 9.52 Å². The van der Waals surface area contributed by atoms with Gasteiger partial charge in [-0.2, -0.15) is 0 Å². The van der Waals surface area contributed by atoms with Crippen LogP contribution in [0.3, 0.4) is 0 Å². The Morgan fingerprint density at radius 1 is 1.69 bits per heavy atom. The molecule has 1 aromatic heterocycles. The Morgan fingerprint density at radius 2 is 2.38 bits per heavy atom. The first-order chi connectivity index (χ1) is 6.22. The minimum Gasteiger partial charge on any atom is -0.463 e. The predicted octanol–water partition coefficient (Wildman–Crippen LogP) is 2.83. The molecule has 0 amide bonds. The van der Waals surface area contributed by atoms with Gasteiger partial charge in [0.05, 0.1) is 0 Å². The maximum Gasteiger partial charge on any atom is 0.133 e. The minimum absolute atomic E-state index is 0.511. The standard InChI is InChI=1S/C10H13BrO2/c1-6-4-7(6)9-2-3-10(13-9)8(12)5-11/h2-3,6-8,12H,4-5H2,1H3. The van der Waals surface area contributed by atoms with E-state index in [1.807, 2.05) is 12.1 Å². The van der Waals surface area contributed by atoms with Gasteiger partial charge in [0, 0.05) is 11.2 Å². The Labute approximate surface area is 86.1 Å². The van der Waals surface area contributed by atoms with Crippen molar-refractivity contribution in [3.63, 3.8) is 0 Å². The highest BCUT2D eigenvalue weighted by Gasteiger charge is 2.36. The molecule has 1 saturated carbocycles. The molecular weight excluding hydrogens is 232 g/mol. The molecule has 1 N–H and O–H groups in total. The summed E-state index contributed by atoms with van der Waals surface area (Å²) in [7, 11) is 0. The van der Waals surface area contributed by atoms with Crippen LogP contribution >= 0.6 is 15.9 Å². The van der Waals surface area contributed by atoms with E-state index in [0.717, 1.165) is 11.7 Å². The van der Waals surface area contributed by atoms with Gasteiger partial charge in [-0.3, -0.25) is 0 Å². The third kappa shape index (κ3) is 1.81. The molecule has 1 aromatic rings. The molecular formula is C10H13BrO2. The summed E-state index contributed by atoms with van der Waals surface area (Å²) < 4.78 is 5.55. The van der Waals surface area contributed by atoms with Crippen LogP contribution in [0.1, 0.15) is 36.9 Å².